The predicted octanol–water partition coefficient (Wildman–Crippen LogP) is 6.11. The van der Waals surface area contributed by atoms with Gasteiger partial charge in [0.2, 0.25) is 5.91 Å². The quantitative estimate of drug-likeness (QED) is 0.265. The fraction of sp³-hybridized carbons (Fsp3) is 0.647. The Balaban J connectivity index is 0.000000265. The van der Waals surface area contributed by atoms with Crippen molar-refractivity contribution in [3.63, 3.8) is 0 Å². The van der Waals surface area contributed by atoms with Crippen LogP contribution in [-0.2, 0) is 26.2 Å². The van der Waals surface area contributed by atoms with E-state index in [0.717, 1.165) is 73.9 Å². The van der Waals surface area contributed by atoms with Crippen molar-refractivity contribution in [1.29, 1.82) is 0 Å². The highest BCUT2D eigenvalue weighted by Gasteiger charge is 2.33. The molecule has 0 bridgehead atoms. The molecule has 2 unspecified atom stereocenters. The van der Waals surface area contributed by atoms with Crippen molar-refractivity contribution in [2.24, 2.45) is 17.8 Å². The van der Waals surface area contributed by atoms with Gasteiger partial charge in [-0.2, -0.15) is 0 Å². The van der Waals surface area contributed by atoms with Gasteiger partial charge < -0.3 is 25.1 Å². The Bertz CT molecular complexity index is 1150. The van der Waals surface area contributed by atoms with Crippen molar-refractivity contribution < 1.29 is 18.7 Å². The molecule has 0 radical (unpaired) electrons. The lowest BCUT2D eigenvalue weighted by Gasteiger charge is -2.31. The van der Waals surface area contributed by atoms with Crippen LogP contribution in [0.25, 0.3) is 0 Å². The van der Waals surface area contributed by atoms with Crippen LogP contribution in [0.2, 0.25) is 0 Å². The summed E-state index contributed by atoms with van der Waals surface area (Å²) in [7, 11) is 1.72. The van der Waals surface area contributed by atoms with Gasteiger partial charge in [0.25, 0.3) is 0 Å². The number of halogens is 1. The second-order valence-corrected chi connectivity index (χ2v) is 12.9. The number of aldehydes is 1. The van der Waals surface area contributed by atoms with Gasteiger partial charge in [-0.1, -0.05) is 54.0 Å². The molecule has 2 aliphatic heterocycles. The number of hydrogen-bond acceptors (Lipinski definition) is 7. The largest absolute Gasteiger partial charge is 0.385 e. The summed E-state index contributed by atoms with van der Waals surface area (Å²) in [6.45, 7) is 18.7. The number of hydrogen-bond donors (Lipinski definition) is 2. The van der Waals surface area contributed by atoms with E-state index in [4.69, 9.17) is 4.74 Å². The Morgan fingerprint density at radius 3 is 2.63 bits per heavy atom. The molecule has 1 amide bonds. The summed E-state index contributed by atoms with van der Waals surface area (Å²) in [6.07, 6.45) is 7.07. The molecule has 0 spiro atoms. The minimum Gasteiger partial charge on any atom is -0.385 e. The number of carbonyl (C=O) groups excluding carboxylic acids is 2. The average Bonchev–Trinajstić information content (AvgIpc) is 3.39. The van der Waals surface area contributed by atoms with Gasteiger partial charge in [-0.25, -0.2) is 14.4 Å². The van der Waals surface area contributed by atoms with Crippen LogP contribution in [0.4, 0.5) is 15.9 Å². The van der Waals surface area contributed by atoms with Crippen LogP contribution in [-0.4, -0.2) is 62.1 Å². The molecule has 0 aliphatic carbocycles. The molecule has 2 atom stereocenters. The molecule has 2 N–H and O–H groups in total. The number of nitrogens with one attached hydrogen (secondary N) is 2. The molecular formula is C34H54FN5O3. The summed E-state index contributed by atoms with van der Waals surface area (Å²) < 4.78 is 18.4. The topological polar surface area (TPSA) is 96.5 Å². The molecule has 2 aliphatic rings. The first-order valence-electron chi connectivity index (χ1n) is 15.7. The number of rotatable bonds is 9. The number of methoxy groups -OCH3 is 1. The minimum absolute atomic E-state index is 0.0172. The molecule has 9 heteroatoms. The zero-order valence-electron chi connectivity index (χ0n) is 27.6. The fourth-order valence-electron chi connectivity index (χ4n) is 4.74. The lowest BCUT2D eigenvalue weighted by Crippen LogP contribution is -2.45. The van der Waals surface area contributed by atoms with E-state index < -0.39 is 0 Å². The van der Waals surface area contributed by atoms with Gasteiger partial charge in [-0.05, 0) is 62.3 Å². The van der Waals surface area contributed by atoms with E-state index in [1.54, 1.807) is 18.1 Å². The number of anilines is 2. The zero-order valence-corrected chi connectivity index (χ0v) is 27.6. The van der Waals surface area contributed by atoms with Crippen LogP contribution in [0.15, 0.2) is 24.4 Å². The number of benzene rings is 1. The number of piperidine rings is 1. The molecule has 1 saturated heterocycles. The van der Waals surface area contributed by atoms with Crippen molar-refractivity contribution in [2.75, 3.05) is 50.1 Å². The highest BCUT2D eigenvalue weighted by atomic mass is 19.1. The third-order valence-corrected chi connectivity index (χ3v) is 7.71. The standard InChI is InChI=1S/C16H19FN2O2.C13H23N3O.C5H12/c17-14-2-1-12-3-5-19(15(12)8-14)16(21)13-7-11(4-6-20)9-18-10-13;1-10-9-15-12(13(2,3)4)16-11(10)14-7-6-8-17-5;1-4-5(2)3/h1-2,6,8,11,13,18H,3-5,7,9-10H2;9H,6-8H2,1-5H3,(H,14,15,16);5H,4H2,1-3H3. The lowest BCUT2D eigenvalue weighted by atomic mass is 9.88. The van der Waals surface area contributed by atoms with Gasteiger partial charge in [0, 0.05) is 62.6 Å². The highest BCUT2D eigenvalue weighted by molar-refractivity contribution is 5.97. The van der Waals surface area contributed by atoms with E-state index >= 15 is 0 Å². The second kappa shape index (κ2) is 18.0. The van der Waals surface area contributed by atoms with Crippen molar-refractivity contribution in [1.82, 2.24) is 15.3 Å². The monoisotopic (exact) mass is 599 g/mol. The fourth-order valence-corrected chi connectivity index (χ4v) is 4.74. The Labute approximate surface area is 258 Å². The Hall–Kier alpha value is -2.91. The molecule has 0 saturated carbocycles. The van der Waals surface area contributed by atoms with Crippen LogP contribution < -0.4 is 15.5 Å². The maximum atomic E-state index is 13.4. The number of carbonyl (C=O) groups is 2. The van der Waals surface area contributed by atoms with Gasteiger partial charge in [-0.3, -0.25) is 4.79 Å². The van der Waals surface area contributed by atoms with Crippen LogP contribution in [0, 0.1) is 30.5 Å². The van der Waals surface area contributed by atoms with Crippen LogP contribution in [0.3, 0.4) is 0 Å². The molecule has 3 heterocycles. The number of fused-ring (bicyclic) bond motifs is 1. The number of aromatic nitrogens is 2. The molecule has 4 rings (SSSR count). The third kappa shape index (κ3) is 11.9. The van der Waals surface area contributed by atoms with E-state index in [9.17, 15) is 14.0 Å². The van der Waals surface area contributed by atoms with E-state index in [2.05, 4.69) is 62.1 Å². The molecule has 1 fully saturated rings. The molecule has 1 aromatic carbocycles. The Morgan fingerprint density at radius 2 is 2.00 bits per heavy atom. The maximum Gasteiger partial charge on any atom is 0.231 e. The first-order valence-corrected chi connectivity index (χ1v) is 15.7. The average molecular weight is 600 g/mol. The summed E-state index contributed by atoms with van der Waals surface area (Å²) in [6, 6.07) is 4.64. The Morgan fingerprint density at radius 1 is 1.28 bits per heavy atom. The van der Waals surface area contributed by atoms with Crippen molar-refractivity contribution in [3.8, 4) is 0 Å². The summed E-state index contributed by atoms with van der Waals surface area (Å²) in [4.78, 5) is 34.0. The van der Waals surface area contributed by atoms with Crippen molar-refractivity contribution >= 4 is 23.7 Å². The molecular weight excluding hydrogens is 545 g/mol. The van der Waals surface area contributed by atoms with Crippen molar-refractivity contribution in [2.45, 2.75) is 86.0 Å². The molecule has 2 aromatic rings. The minimum atomic E-state index is -0.311. The smallest absolute Gasteiger partial charge is 0.231 e. The van der Waals surface area contributed by atoms with Crippen LogP contribution in [0.1, 0.15) is 84.2 Å². The first-order chi connectivity index (χ1) is 20.4. The molecule has 8 nitrogen and oxygen atoms in total. The van der Waals surface area contributed by atoms with E-state index in [1.165, 1.54) is 18.6 Å². The number of nitrogens with zero attached hydrogens (tertiary/aromatic N) is 3. The zero-order chi connectivity index (χ0) is 32.0. The first kappa shape index (κ1) is 36.3. The summed E-state index contributed by atoms with van der Waals surface area (Å²) in [5, 5.41) is 6.56. The molecule has 1 aromatic heterocycles. The van der Waals surface area contributed by atoms with Crippen LogP contribution in [0.5, 0.6) is 0 Å². The third-order valence-electron chi connectivity index (χ3n) is 7.71. The van der Waals surface area contributed by atoms with E-state index in [0.29, 0.717) is 25.2 Å². The SMILES string of the molecule is CCC(C)C.COCCCNc1nc(C(C)(C)C)ncc1C.O=CCC1CNCC(C(=O)N2CCc3ccc(F)cc32)C1. The van der Waals surface area contributed by atoms with Gasteiger partial charge in [0.05, 0.1) is 5.92 Å². The maximum absolute atomic E-state index is 13.4. The number of aryl methyl sites for hydroxylation is 1. The molecule has 43 heavy (non-hydrogen) atoms. The summed E-state index contributed by atoms with van der Waals surface area (Å²) in [5.74, 6) is 2.52. The van der Waals surface area contributed by atoms with Gasteiger partial charge in [-0.15, -0.1) is 0 Å². The predicted molar refractivity (Wildman–Crippen MR) is 173 cm³/mol. The summed E-state index contributed by atoms with van der Waals surface area (Å²) in [5.41, 5.74) is 2.79. The van der Waals surface area contributed by atoms with Gasteiger partial charge in [0.1, 0.15) is 23.7 Å². The van der Waals surface area contributed by atoms with Gasteiger partial charge >= 0.3 is 0 Å². The summed E-state index contributed by atoms with van der Waals surface area (Å²) >= 11 is 0. The number of ether oxygens (including phenoxy) is 1. The lowest BCUT2D eigenvalue weighted by molar-refractivity contribution is -0.123. The Kier molecular flexibility index (Phi) is 15.2. The van der Waals surface area contributed by atoms with E-state index in [-0.39, 0.29) is 29.0 Å². The highest BCUT2D eigenvalue weighted by Crippen LogP contribution is 2.31. The normalized spacial score (nSPS) is 17.8. The van der Waals surface area contributed by atoms with Crippen molar-refractivity contribution in [3.05, 3.63) is 47.2 Å². The van der Waals surface area contributed by atoms with Gasteiger partial charge in [0.15, 0.2) is 0 Å². The number of amides is 1. The second-order valence-electron chi connectivity index (χ2n) is 12.9. The van der Waals surface area contributed by atoms with E-state index in [1.807, 2.05) is 13.1 Å². The van der Waals surface area contributed by atoms with Crippen LogP contribution >= 0.6 is 0 Å². The molecule has 240 valence electrons.